The van der Waals surface area contributed by atoms with E-state index >= 15 is 0 Å². The van der Waals surface area contributed by atoms with E-state index in [0.717, 1.165) is 5.92 Å². The Hall–Kier alpha value is -0.0800. The van der Waals surface area contributed by atoms with Crippen LogP contribution in [0.15, 0.2) is 0 Å². The lowest BCUT2D eigenvalue weighted by Crippen LogP contribution is -2.53. The van der Waals surface area contributed by atoms with Crippen LogP contribution in [0.1, 0.15) is 41.0 Å². The van der Waals surface area contributed by atoms with Gasteiger partial charge in [-0.2, -0.15) is 0 Å². The van der Waals surface area contributed by atoms with Crippen LogP contribution in [0.3, 0.4) is 0 Å². The Balaban J connectivity index is 2.24. The molecule has 0 unspecified atom stereocenters. The number of likely N-dealkylation sites (tertiary alicyclic amines) is 1. The molecule has 0 atom stereocenters. The molecule has 1 aliphatic heterocycles. The molecule has 0 N–H and O–H groups in total. The summed E-state index contributed by atoms with van der Waals surface area (Å²) in [5, 5.41) is 0. The fraction of sp³-hybridized carbons (Fsp3) is 1.00. The molecule has 2 nitrogen and oxygen atoms in total. The molecule has 1 aliphatic rings. The van der Waals surface area contributed by atoms with E-state index in [2.05, 4.69) is 58.5 Å². The SMILES string of the molecule is CN(C)C(C)(C)CCN1CC(C(C)(C)C)C1. The molecular weight excluding hydrogens is 196 g/mol. The van der Waals surface area contributed by atoms with Crippen molar-refractivity contribution < 1.29 is 0 Å². The van der Waals surface area contributed by atoms with Crippen LogP contribution >= 0.6 is 0 Å². The normalized spacial score (nSPS) is 20.2. The molecule has 0 bridgehead atoms. The molecule has 1 fully saturated rings. The molecule has 2 heteroatoms. The van der Waals surface area contributed by atoms with E-state index in [1.807, 2.05) is 0 Å². The van der Waals surface area contributed by atoms with Crippen LogP contribution < -0.4 is 0 Å². The highest BCUT2D eigenvalue weighted by Gasteiger charge is 2.36. The zero-order valence-corrected chi connectivity index (χ0v) is 12.3. The third-order valence-corrected chi connectivity index (χ3v) is 4.43. The molecule has 0 aromatic heterocycles. The molecular formula is C14H30N2. The van der Waals surface area contributed by atoms with E-state index in [1.165, 1.54) is 26.1 Å². The Labute approximate surface area is 102 Å². The first-order chi connectivity index (χ1) is 7.13. The molecule has 16 heavy (non-hydrogen) atoms. The molecule has 1 saturated heterocycles. The fourth-order valence-electron chi connectivity index (χ4n) is 1.96. The van der Waals surface area contributed by atoms with Crippen molar-refractivity contribution in [2.45, 2.75) is 46.6 Å². The largest absolute Gasteiger partial charge is 0.304 e. The van der Waals surface area contributed by atoms with Gasteiger partial charge in [-0.25, -0.2) is 0 Å². The van der Waals surface area contributed by atoms with Gasteiger partial charge >= 0.3 is 0 Å². The predicted octanol–water partition coefficient (Wildman–Crippen LogP) is 2.69. The van der Waals surface area contributed by atoms with E-state index < -0.39 is 0 Å². The number of hydrogen-bond donors (Lipinski definition) is 0. The zero-order valence-electron chi connectivity index (χ0n) is 12.3. The minimum Gasteiger partial charge on any atom is -0.304 e. The van der Waals surface area contributed by atoms with Crippen LogP contribution in [0.2, 0.25) is 0 Å². The van der Waals surface area contributed by atoms with Crippen LogP contribution in [-0.4, -0.2) is 49.1 Å². The highest BCUT2D eigenvalue weighted by atomic mass is 15.2. The monoisotopic (exact) mass is 226 g/mol. The second-order valence-electron chi connectivity index (χ2n) is 7.28. The maximum Gasteiger partial charge on any atom is 0.0159 e. The third kappa shape index (κ3) is 3.46. The minimum atomic E-state index is 0.326. The average Bonchev–Trinajstić information content (AvgIpc) is 1.97. The predicted molar refractivity (Wildman–Crippen MR) is 71.8 cm³/mol. The quantitative estimate of drug-likeness (QED) is 0.727. The molecule has 0 aromatic rings. The number of hydrogen-bond acceptors (Lipinski definition) is 2. The lowest BCUT2D eigenvalue weighted by atomic mass is 9.76. The fourth-order valence-corrected chi connectivity index (χ4v) is 1.96. The first-order valence-corrected chi connectivity index (χ1v) is 6.53. The molecule has 0 aromatic carbocycles. The van der Waals surface area contributed by atoms with Crippen LogP contribution in [-0.2, 0) is 0 Å². The molecule has 0 aliphatic carbocycles. The van der Waals surface area contributed by atoms with Crippen LogP contribution in [0.25, 0.3) is 0 Å². The van der Waals surface area contributed by atoms with Crippen molar-refractivity contribution in [3.8, 4) is 0 Å². The van der Waals surface area contributed by atoms with E-state index in [0.29, 0.717) is 11.0 Å². The van der Waals surface area contributed by atoms with E-state index in [9.17, 15) is 0 Å². The number of rotatable bonds is 4. The molecule has 1 rings (SSSR count). The smallest absolute Gasteiger partial charge is 0.0159 e. The summed E-state index contributed by atoms with van der Waals surface area (Å²) in [4.78, 5) is 4.93. The van der Waals surface area contributed by atoms with Crippen LogP contribution in [0, 0.1) is 11.3 Å². The van der Waals surface area contributed by atoms with Gasteiger partial charge < -0.3 is 9.80 Å². The lowest BCUT2D eigenvalue weighted by molar-refractivity contribution is 0.0141. The van der Waals surface area contributed by atoms with Crippen LogP contribution in [0.5, 0.6) is 0 Å². The first kappa shape index (κ1) is 14.0. The van der Waals surface area contributed by atoms with Crippen molar-refractivity contribution in [2.24, 2.45) is 11.3 Å². The summed E-state index contributed by atoms with van der Waals surface area (Å²) in [5.41, 5.74) is 0.820. The van der Waals surface area contributed by atoms with Gasteiger partial charge in [-0.1, -0.05) is 20.8 Å². The third-order valence-electron chi connectivity index (χ3n) is 4.43. The summed E-state index contributed by atoms with van der Waals surface area (Å²) in [6.07, 6.45) is 1.26. The number of nitrogens with zero attached hydrogens (tertiary/aromatic N) is 2. The zero-order chi connectivity index (χ0) is 12.6. The van der Waals surface area contributed by atoms with Crippen molar-refractivity contribution in [3.05, 3.63) is 0 Å². The van der Waals surface area contributed by atoms with Gasteiger partial charge in [-0.05, 0) is 52.2 Å². The van der Waals surface area contributed by atoms with Crippen molar-refractivity contribution in [1.82, 2.24) is 9.80 Å². The topological polar surface area (TPSA) is 6.48 Å². The Morgan fingerprint density at radius 1 is 1.06 bits per heavy atom. The van der Waals surface area contributed by atoms with Gasteiger partial charge in [-0.15, -0.1) is 0 Å². The van der Waals surface area contributed by atoms with Crippen molar-refractivity contribution >= 4 is 0 Å². The summed E-state index contributed by atoms with van der Waals surface area (Å²) in [6.45, 7) is 15.6. The van der Waals surface area contributed by atoms with Crippen molar-refractivity contribution in [2.75, 3.05) is 33.7 Å². The maximum absolute atomic E-state index is 2.60. The highest BCUT2D eigenvalue weighted by molar-refractivity contribution is 4.89. The Bertz CT molecular complexity index is 219. The van der Waals surface area contributed by atoms with E-state index in [4.69, 9.17) is 0 Å². The average molecular weight is 226 g/mol. The van der Waals surface area contributed by atoms with E-state index in [1.54, 1.807) is 0 Å². The lowest BCUT2D eigenvalue weighted by Gasteiger charge is -2.47. The van der Waals surface area contributed by atoms with Crippen LogP contribution in [0.4, 0.5) is 0 Å². The summed E-state index contributed by atoms with van der Waals surface area (Å²) in [6, 6.07) is 0. The Kier molecular flexibility index (Phi) is 4.07. The summed E-state index contributed by atoms with van der Waals surface area (Å²) in [5.74, 6) is 0.898. The van der Waals surface area contributed by atoms with E-state index in [-0.39, 0.29) is 0 Å². The molecule has 0 amide bonds. The molecule has 96 valence electrons. The van der Waals surface area contributed by atoms with Gasteiger partial charge in [0.05, 0.1) is 0 Å². The standard InChI is InChI=1S/C14H30N2/c1-13(2,3)12-10-16(11-12)9-8-14(4,5)15(6)7/h12H,8-11H2,1-7H3. The summed E-state index contributed by atoms with van der Waals surface area (Å²) < 4.78 is 0. The Morgan fingerprint density at radius 2 is 1.56 bits per heavy atom. The molecule has 0 spiro atoms. The molecule has 1 heterocycles. The maximum atomic E-state index is 2.60. The van der Waals surface area contributed by atoms with Gasteiger partial charge in [-0.3, -0.25) is 0 Å². The van der Waals surface area contributed by atoms with Gasteiger partial charge in [0.25, 0.3) is 0 Å². The van der Waals surface area contributed by atoms with Gasteiger partial charge in [0.15, 0.2) is 0 Å². The minimum absolute atomic E-state index is 0.326. The van der Waals surface area contributed by atoms with Gasteiger partial charge in [0.1, 0.15) is 0 Å². The second kappa shape index (κ2) is 4.66. The van der Waals surface area contributed by atoms with Gasteiger partial charge in [0, 0.05) is 18.6 Å². The summed E-state index contributed by atoms with van der Waals surface area (Å²) in [7, 11) is 4.35. The summed E-state index contributed by atoms with van der Waals surface area (Å²) >= 11 is 0. The highest BCUT2D eigenvalue weighted by Crippen LogP contribution is 2.33. The molecule has 0 radical (unpaired) electrons. The second-order valence-corrected chi connectivity index (χ2v) is 7.28. The van der Waals surface area contributed by atoms with Crippen molar-refractivity contribution in [1.29, 1.82) is 0 Å². The van der Waals surface area contributed by atoms with Crippen molar-refractivity contribution in [3.63, 3.8) is 0 Å². The molecule has 0 saturated carbocycles. The first-order valence-electron chi connectivity index (χ1n) is 6.53. The Morgan fingerprint density at radius 3 is 1.94 bits per heavy atom. The van der Waals surface area contributed by atoms with Gasteiger partial charge in [0.2, 0.25) is 0 Å².